The second-order valence-corrected chi connectivity index (χ2v) is 9.64. The van der Waals surface area contributed by atoms with Gasteiger partial charge in [0.2, 0.25) is 0 Å². The maximum Gasteiger partial charge on any atom is 0.404 e. The van der Waals surface area contributed by atoms with Crippen molar-refractivity contribution >= 4 is 21.6 Å². The zero-order valence-electron chi connectivity index (χ0n) is 17.0. The molecule has 0 radical (unpaired) electrons. The molecule has 0 spiro atoms. The topological polar surface area (TPSA) is 142 Å². The molecule has 0 saturated heterocycles. The Bertz CT molecular complexity index is 917. The highest BCUT2D eigenvalue weighted by Gasteiger charge is 2.38. The summed E-state index contributed by atoms with van der Waals surface area (Å²) < 4.78 is 26.6. The fraction of sp³-hybridized carbons (Fsp3) is 0.381. The van der Waals surface area contributed by atoms with Crippen LogP contribution in [0.25, 0.3) is 0 Å². The van der Waals surface area contributed by atoms with Gasteiger partial charge in [0, 0.05) is 5.69 Å². The van der Waals surface area contributed by atoms with Crippen LogP contribution in [0.5, 0.6) is 0 Å². The van der Waals surface area contributed by atoms with Crippen LogP contribution in [0.2, 0.25) is 0 Å². The van der Waals surface area contributed by atoms with Gasteiger partial charge in [0.1, 0.15) is 11.5 Å². The fourth-order valence-electron chi connectivity index (χ4n) is 3.06. The fourth-order valence-corrected chi connectivity index (χ4v) is 4.75. The normalized spacial score (nSPS) is 14.8. The number of benzene rings is 2. The summed E-state index contributed by atoms with van der Waals surface area (Å²) in [5.74, 6) is 0.112. The molecule has 2 rings (SSSR count). The van der Waals surface area contributed by atoms with Crippen LogP contribution in [0.15, 0.2) is 59.5 Å². The first kappa shape index (κ1) is 23.7. The lowest BCUT2D eigenvalue weighted by molar-refractivity contribution is 0.105. The number of anilines is 1. The third kappa shape index (κ3) is 6.45. The molecule has 30 heavy (non-hydrogen) atoms. The van der Waals surface area contributed by atoms with Gasteiger partial charge in [-0.2, -0.15) is 0 Å². The predicted molar refractivity (Wildman–Crippen MR) is 116 cm³/mol. The molecule has 0 heterocycles. The summed E-state index contributed by atoms with van der Waals surface area (Å²) in [6.07, 6.45) is -2.75. The number of aliphatic hydroxyl groups excluding tert-OH is 1. The van der Waals surface area contributed by atoms with E-state index in [2.05, 4.69) is 10.6 Å². The van der Waals surface area contributed by atoms with E-state index in [1.807, 2.05) is 19.9 Å². The van der Waals surface area contributed by atoms with E-state index in [9.17, 15) is 23.4 Å². The highest BCUT2D eigenvalue weighted by atomic mass is 32.2. The van der Waals surface area contributed by atoms with Crippen molar-refractivity contribution < 1.29 is 23.4 Å². The highest BCUT2D eigenvalue weighted by molar-refractivity contribution is 7.92. The van der Waals surface area contributed by atoms with E-state index < -0.39 is 33.5 Å². The van der Waals surface area contributed by atoms with Gasteiger partial charge < -0.3 is 21.3 Å². The number of sulfone groups is 1. The molecule has 2 aromatic carbocycles. The first-order chi connectivity index (χ1) is 14.1. The first-order valence-electron chi connectivity index (χ1n) is 9.65. The highest BCUT2D eigenvalue weighted by Crippen LogP contribution is 2.21. The minimum absolute atomic E-state index is 0.00853. The Balaban J connectivity index is 2.40. The molecular formula is C21H29N3O5S. The Morgan fingerprint density at radius 3 is 2.20 bits per heavy atom. The molecule has 6 N–H and O–H groups in total. The van der Waals surface area contributed by atoms with Gasteiger partial charge in [-0.1, -0.05) is 44.2 Å². The van der Waals surface area contributed by atoms with Gasteiger partial charge in [-0.25, -0.2) is 13.2 Å². The standard InChI is InChI=1S/C21H29N3O5S/c1-14(2)13-23-20(30(28,29)17-10-8-16(22)9-11-17)19(25)18(24-21(26)27)12-15-6-4-3-5-7-15/h3-11,14,18-20,23-25H,12-13,22H2,1-2H3,(H,26,27)/t18-,19+,20?/m0/s1. The molecule has 0 aliphatic carbocycles. The lowest BCUT2D eigenvalue weighted by Crippen LogP contribution is -2.57. The summed E-state index contributed by atoms with van der Waals surface area (Å²) in [6, 6.07) is 13.6. The van der Waals surface area contributed by atoms with Crippen molar-refractivity contribution in [3.05, 3.63) is 60.2 Å². The molecule has 0 fully saturated rings. The average Bonchev–Trinajstić information content (AvgIpc) is 2.68. The predicted octanol–water partition coefficient (Wildman–Crippen LogP) is 1.85. The summed E-state index contributed by atoms with van der Waals surface area (Å²) >= 11 is 0. The molecule has 1 amide bonds. The number of nitrogen functional groups attached to an aromatic ring is 1. The van der Waals surface area contributed by atoms with Gasteiger partial charge in [-0.05, 0) is 48.7 Å². The summed E-state index contributed by atoms with van der Waals surface area (Å²) in [7, 11) is -4.04. The summed E-state index contributed by atoms with van der Waals surface area (Å²) in [5, 5.41) is 24.1. The minimum Gasteiger partial charge on any atom is -0.465 e. The number of amides is 1. The van der Waals surface area contributed by atoms with Crippen LogP contribution in [-0.2, 0) is 16.3 Å². The van der Waals surface area contributed by atoms with Crippen LogP contribution in [0, 0.1) is 5.92 Å². The zero-order chi connectivity index (χ0) is 22.3. The maximum absolute atomic E-state index is 13.3. The number of carboxylic acid groups (broad SMARTS) is 1. The monoisotopic (exact) mass is 435 g/mol. The van der Waals surface area contributed by atoms with Gasteiger partial charge in [-0.3, -0.25) is 5.32 Å². The van der Waals surface area contributed by atoms with Crippen molar-refractivity contribution in [3.8, 4) is 0 Å². The largest absolute Gasteiger partial charge is 0.465 e. The molecule has 0 saturated carbocycles. The van der Waals surface area contributed by atoms with Crippen LogP contribution in [-0.4, -0.2) is 48.8 Å². The second kappa shape index (κ2) is 10.4. The van der Waals surface area contributed by atoms with E-state index in [0.717, 1.165) is 5.56 Å². The molecule has 1 unspecified atom stereocenters. The number of carbonyl (C=O) groups is 1. The molecule has 0 aliphatic heterocycles. The van der Waals surface area contributed by atoms with Crippen molar-refractivity contribution in [2.24, 2.45) is 5.92 Å². The van der Waals surface area contributed by atoms with Gasteiger partial charge in [-0.15, -0.1) is 0 Å². The molecule has 3 atom stereocenters. The van der Waals surface area contributed by atoms with E-state index in [4.69, 9.17) is 5.73 Å². The third-order valence-corrected chi connectivity index (χ3v) is 6.64. The first-order valence-corrected chi connectivity index (χ1v) is 11.2. The number of hydrogen-bond donors (Lipinski definition) is 5. The van der Waals surface area contributed by atoms with Gasteiger partial charge >= 0.3 is 6.09 Å². The Hall–Kier alpha value is -2.62. The number of hydrogen-bond acceptors (Lipinski definition) is 6. The van der Waals surface area contributed by atoms with Crippen LogP contribution in [0.1, 0.15) is 19.4 Å². The number of nitrogens with two attached hydrogens (primary N) is 1. The van der Waals surface area contributed by atoms with Crippen molar-refractivity contribution in [2.45, 2.75) is 42.7 Å². The van der Waals surface area contributed by atoms with E-state index in [0.29, 0.717) is 12.2 Å². The van der Waals surface area contributed by atoms with E-state index in [1.165, 1.54) is 24.3 Å². The van der Waals surface area contributed by atoms with E-state index >= 15 is 0 Å². The Kier molecular flexibility index (Phi) is 8.22. The van der Waals surface area contributed by atoms with Gasteiger partial charge in [0.05, 0.1) is 10.9 Å². The van der Waals surface area contributed by atoms with Crippen molar-refractivity contribution in [3.63, 3.8) is 0 Å². The molecule has 0 bridgehead atoms. The number of rotatable bonds is 10. The average molecular weight is 436 g/mol. The van der Waals surface area contributed by atoms with Crippen LogP contribution < -0.4 is 16.4 Å². The number of aliphatic hydroxyl groups is 1. The molecule has 9 heteroatoms. The molecule has 164 valence electrons. The lowest BCUT2D eigenvalue weighted by Gasteiger charge is -2.31. The van der Waals surface area contributed by atoms with Crippen LogP contribution >= 0.6 is 0 Å². The summed E-state index contributed by atoms with van der Waals surface area (Å²) in [5.41, 5.74) is 6.84. The third-order valence-electron chi connectivity index (χ3n) is 4.60. The number of nitrogens with one attached hydrogen (secondary N) is 2. The van der Waals surface area contributed by atoms with Crippen molar-refractivity contribution in [1.82, 2.24) is 10.6 Å². The summed E-state index contributed by atoms with van der Waals surface area (Å²) in [4.78, 5) is 11.3. The van der Waals surface area contributed by atoms with Crippen LogP contribution in [0.3, 0.4) is 0 Å². The second-order valence-electron chi connectivity index (χ2n) is 7.57. The Morgan fingerprint density at radius 2 is 1.67 bits per heavy atom. The van der Waals surface area contributed by atoms with Gasteiger partial charge in [0.15, 0.2) is 9.84 Å². The molecule has 2 aromatic rings. The zero-order valence-corrected chi connectivity index (χ0v) is 17.8. The van der Waals surface area contributed by atoms with Crippen LogP contribution in [0.4, 0.5) is 10.5 Å². The van der Waals surface area contributed by atoms with Crippen molar-refractivity contribution in [2.75, 3.05) is 12.3 Å². The maximum atomic E-state index is 13.3. The minimum atomic E-state index is -4.04. The molecule has 8 nitrogen and oxygen atoms in total. The lowest BCUT2D eigenvalue weighted by atomic mass is 10.0. The summed E-state index contributed by atoms with van der Waals surface area (Å²) in [6.45, 7) is 4.13. The quantitative estimate of drug-likeness (QED) is 0.359. The van der Waals surface area contributed by atoms with E-state index in [1.54, 1.807) is 24.3 Å². The Morgan fingerprint density at radius 1 is 1.07 bits per heavy atom. The Labute approximate surface area is 177 Å². The SMILES string of the molecule is CC(C)CNC([C@H](O)[C@H](Cc1ccccc1)NC(=O)O)S(=O)(=O)c1ccc(N)cc1. The smallest absolute Gasteiger partial charge is 0.404 e. The molecule has 0 aromatic heterocycles. The van der Waals surface area contributed by atoms with Crippen molar-refractivity contribution in [1.29, 1.82) is 0 Å². The molecule has 0 aliphatic rings. The van der Waals surface area contributed by atoms with Gasteiger partial charge in [0.25, 0.3) is 0 Å². The van der Waals surface area contributed by atoms with E-state index in [-0.39, 0.29) is 17.2 Å². The molecular weight excluding hydrogens is 406 g/mol.